The van der Waals surface area contributed by atoms with Gasteiger partial charge in [-0.25, -0.2) is 0 Å². The number of rotatable bonds is 3. The Bertz CT molecular complexity index is 646. The highest BCUT2D eigenvalue weighted by Gasteiger charge is 2.17. The van der Waals surface area contributed by atoms with Gasteiger partial charge in [0.05, 0.1) is 5.02 Å². The molecule has 0 aliphatic carbocycles. The molecular weight excluding hydrogens is 340 g/mol. The third kappa shape index (κ3) is 3.14. The number of halogens is 2. The first-order chi connectivity index (χ1) is 9.52. The minimum absolute atomic E-state index is 0.0875. The first kappa shape index (κ1) is 14.9. The average Bonchev–Trinajstić information content (AvgIpc) is 2.42. The van der Waals surface area contributed by atoms with Crippen molar-refractivity contribution in [3.8, 4) is 0 Å². The smallest absolute Gasteiger partial charge is 0.258 e. The molecule has 0 spiro atoms. The highest BCUT2D eigenvalue weighted by atomic mass is 79.9. The van der Waals surface area contributed by atoms with Gasteiger partial charge in [-0.05, 0) is 59.3 Å². The Hall–Kier alpha value is -1.52. The van der Waals surface area contributed by atoms with Gasteiger partial charge in [-0.2, -0.15) is 0 Å². The van der Waals surface area contributed by atoms with Crippen LogP contribution < -0.4 is 10.6 Å². The summed E-state index contributed by atoms with van der Waals surface area (Å²) in [6.45, 7) is 2.48. The minimum atomic E-state index is -0.0875. The third-order valence-electron chi connectivity index (χ3n) is 2.91. The van der Waals surface area contributed by atoms with Gasteiger partial charge in [0, 0.05) is 28.0 Å². The minimum Gasteiger partial charge on any atom is -0.399 e. The maximum atomic E-state index is 12.6. The molecule has 5 heteroatoms. The van der Waals surface area contributed by atoms with Gasteiger partial charge in [0.2, 0.25) is 0 Å². The first-order valence-corrected chi connectivity index (χ1v) is 7.32. The van der Waals surface area contributed by atoms with Crippen LogP contribution in [-0.4, -0.2) is 12.5 Å². The van der Waals surface area contributed by atoms with Crippen molar-refractivity contribution in [2.45, 2.75) is 6.92 Å². The van der Waals surface area contributed by atoms with Crippen molar-refractivity contribution in [2.75, 3.05) is 17.2 Å². The van der Waals surface area contributed by atoms with Gasteiger partial charge >= 0.3 is 0 Å². The zero-order valence-electron chi connectivity index (χ0n) is 10.9. The Kier molecular flexibility index (Phi) is 4.68. The van der Waals surface area contributed by atoms with Crippen molar-refractivity contribution < 1.29 is 4.79 Å². The van der Waals surface area contributed by atoms with Crippen molar-refractivity contribution >= 4 is 44.8 Å². The predicted octanol–water partition coefficient (Wildman–Crippen LogP) is 4.35. The number of hydrogen-bond donors (Lipinski definition) is 1. The molecule has 104 valence electrons. The standard InChI is InChI=1S/C15H14BrClN2O/c1-2-19(12-5-3-4-11(18)9-12)15(20)10-6-7-14(17)13(16)8-10/h3-9H,2,18H2,1H3. The number of carbonyl (C=O) groups is 1. The van der Waals surface area contributed by atoms with E-state index < -0.39 is 0 Å². The molecule has 0 aromatic heterocycles. The van der Waals surface area contributed by atoms with Gasteiger partial charge in [-0.3, -0.25) is 4.79 Å². The Balaban J connectivity index is 2.36. The fourth-order valence-corrected chi connectivity index (χ4v) is 2.42. The molecule has 3 nitrogen and oxygen atoms in total. The normalized spacial score (nSPS) is 10.3. The van der Waals surface area contributed by atoms with Crippen LogP contribution in [0.1, 0.15) is 17.3 Å². The summed E-state index contributed by atoms with van der Waals surface area (Å²) in [5.74, 6) is -0.0875. The molecule has 0 unspecified atom stereocenters. The van der Waals surface area contributed by atoms with Gasteiger partial charge in [0.25, 0.3) is 5.91 Å². The van der Waals surface area contributed by atoms with E-state index in [1.807, 2.05) is 19.1 Å². The second-order valence-corrected chi connectivity index (χ2v) is 5.53. The van der Waals surface area contributed by atoms with Crippen LogP contribution in [-0.2, 0) is 0 Å². The highest BCUT2D eigenvalue weighted by molar-refractivity contribution is 9.10. The lowest BCUT2D eigenvalue weighted by Gasteiger charge is -2.21. The number of anilines is 2. The molecule has 0 atom stereocenters. The molecule has 0 aliphatic rings. The monoisotopic (exact) mass is 352 g/mol. The fourth-order valence-electron chi connectivity index (χ4n) is 1.92. The third-order valence-corrected chi connectivity index (χ3v) is 4.12. The number of hydrogen-bond acceptors (Lipinski definition) is 2. The van der Waals surface area contributed by atoms with E-state index in [0.29, 0.717) is 27.3 Å². The van der Waals surface area contributed by atoms with Crippen molar-refractivity contribution in [2.24, 2.45) is 0 Å². The fraction of sp³-hybridized carbons (Fsp3) is 0.133. The Labute approximate surface area is 131 Å². The van der Waals surface area contributed by atoms with E-state index >= 15 is 0 Å². The molecule has 0 saturated carbocycles. The van der Waals surface area contributed by atoms with Crippen LogP contribution in [0.4, 0.5) is 11.4 Å². The van der Waals surface area contributed by atoms with Crippen LogP contribution in [0.25, 0.3) is 0 Å². The van der Waals surface area contributed by atoms with Crippen molar-refractivity contribution in [1.82, 2.24) is 0 Å². The average molecular weight is 354 g/mol. The van der Waals surface area contributed by atoms with E-state index in [-0.39, 0.29) is 5.91 Å². The summed E-state index contributed by atoms with van der Waals surface area (Å²) in [6.07, 6.45) is 0. The maximum absolute atomic E-state index is 12.6. The Morgan fingerprint density at radius 3 is 2.65 bits per heavy atom. The molecule has 2 aromatic rings. The molecule has 1 amide bonds. The van der Waals surface area contributed by atoms with Crippen molar-refractivity contribution in [1.29, 1.82) is 0 Å². The number of carbonyl (C=O) groups excluding carboxylic acids is 1. The number of benzene rings is 2. The van der Waals surface area contributed by atoms with Gasteiger partial charge in [0.1, 0.15) is 0 Å². The second kappa shape index (κ2) is 6.29. The molecule has 0 fully saturated rings. The number of amides is 1. The summed E-state index contributed by atoms with van der Waals surface area (Å²) in [5, 5.41) is 0.577. The van der Waals surface area contributed by atoms with Gasteiger partial charge in [-0.1, -0.05) is 17.7 Å². The largest absolute Gasteiger partial charge is 0.399 e. The number of nitrogens with zero attached hydrogens (tertiary/aromatic N) is 1. The summed E-state index contributed by atoms with van der Waals surface area (Å²) >= 11 is 9.28. The zero-order chi connectivity index (χ0) is 14.7. The molecule has 0 heterocycles. The first-order valence-electron chi connectivity index (χ1n) is 6.15. The van der Waals surface area contributed by atoms with Crippen molar-refractivity contribution in [3.63, 3.8) is 0 Å². The van der Waals surface area contributed by atoms with E-state index in [1.54, 1.807) is 35.2 Å². The Morgan fingerprint density at radius 2 is 2.05 bits per heavy atom. The summed E-state index contributed by atoms with van der Waals surface area (Å²) in [7, 11) is 0. The summed E-state index contributed by atoms with van der Waals surface area (Å²) in [6, 6.07) is 12.4. The van der Waals surface area contributed by atoms with Crippen LogP contribution in [0.15, 0.2) is 46.9 Å². The molecule has 0 bridgehead atoms. The molecule has 0 aliphatic heterocycles. The summed E-state index contributed by atoms with van der Waals surface area (Å²) < 4.78 is 0.702. The molecule has 2 rings (SSSR count). The molecule has 0 radical (unpaired) electrons. The topological polar surface area (TPSA) is 46.3 Å². The summed E-state index contributed by atoms with van der Waals surface area (Å²) in [5.41, 5.74) is 7.76. The van der Waals surface area contributed by atoms with Gasteiger partial charge < -0.3 is 10.6 Å². The number of nitrogens with two attached hydrogens (primary N) is 1. The molecule has 20 heavy (non-hydrogen) atoms. The lowest BCUT2D eigenvalue weighted by atomic mass is 10.1. The second-order valence-electron chi connectivity index (χ2n) is 4.27. The van der Waals surface area contributed by atoms with Gasteiger partial charge in [0.15, 0.2) is 0 Å². The van der Waals surface area contributed by atoms with E-state index in [9.17, 15) is 4.79 Å². The van der Waals surface area contributed by atoms with E-state index in [4.69, 9.17) is 17.3 Å². The van der Waals surface area contributed by atoms with Crippen LogP contribution in [0.5, 0.6) is 0 Å². The van der Waals surface area contributed by atoms with Crippen LogP contribution >= 0.6 is 27.5 Å². The Morgan fingerprint density at radius 1 is 1.30 bits per heavy atom. The lowest BCUT2D eigenvalue weighted by Crippen LogP contribution is -2.30. The molecule has 0 saturated heterocycles. The van der Waals surface area contributed by atoms with E-state index in [1.165, 1.54) is 0 Å². The molecule has 2 aromatic carbocycles. The zero-order valence-corrected chi connectivity index (χ0v) is 13.3. The van der Waals surface area contributed by atoms with Crippen molar-refractivity contribution in [3.05, 3.63) is 57.5 Å². The van der Waals surface area contributed by atoms with Crippen LogP contribution in [0.3, 0.4) is 0 Å². The molecule has 2 N–H and O–H groups in total. The lowest BCUT2D eigenvalue weighted by molar-refractivity contribution is 0.0988. The van der Waals surface area contributed by atoms with Crippen LogP contribution in [0, 0.1) is 0 Å². The molecular formula is C15H14BrClN2O. The predicted molar refractivity (Wildman–Crippen MR) is 87.4 cm³/mol. The quantitative estimate of drug-likeness (QED) is 0.834. The van der Waals surface area contributed by atoms with Gasteiger partial charge in [-0.15, -0.1) is 0 Å². The summed E-state index contributed by atoms with van der Waals surface area (Å²) in [4.78, 5) is 14.2. The van der Waals surface area contributed by atoms with E-state index in [0.717, 1.165) is 5.69 Å². The maximum Gasteiger partial charge on any atom is 0.258 e. The van der Waals surface area contributed by atoms with E-state index in [2.05, 4.69) is 15.9 Å². The highest BCUT2D eigenvalue weighted by Crippen LogP contribution is 2.25. The SMILES string of the molecule is CCN(C(=O)c1ccc(Cl)c(Br)c1)c1cccc(N)c1. The number of nitrogen functional groups attached to an aromatic ring is 1. The van der Waals surface area contributed by atoms with Crippen LogP contribution in [0.2, 0.25) is 5.02 Å².